The Bertz CT molecular complexity index is 832. The Hall–Kier alpha value is -2.69. The number of hydrogen-bond donors (Lipinski definition) is 0. The third-order valence-electron chi connectivity index (χ3n) is 4.38. The van der Waals surface area contributed by atoms with Gasteiger partial charge in [0, 0.05) is 24.2 Å². The van der Waals surface area contributed by atoms with Gasteiger partial charge in [0.05, 0.1) is 7.11 Å². The van der Waals surface area contributed by atoms with Gasteiger partial charge in [0.25, 0.3) is 5.91 Å². The Labute approximate surface area is 140 Å². The maximum atomic E-state index is 13.7. The predicted molar refractivity (Wildman–Crippen MR) is 91.2 cm³/mol. The highest BCUT2D eigenvalue weighted by Crippen LogP contribution is 2.39. The number of methoxy groups -OCH3 is 1. The van der Waals surface area contributed by atoms with Gasteiger partial charge in [0.1, 0.15) is 11.5 Å². The molecule has 1 aromatic heterocycles. The summed E-state index contributed by atoms with van der Waals surface area (Å²) in [6.45, 7) is 8.27. The van der Waals surface area contributed by atoms with E-state index in [1.165, 1.54) is 19.2 Å². The number of carbonyl (C=O) groups excluding carboxylic acids is 1. The molecule has 0 fully saturated rings. The third-order valence-corrected chi connectivity index (χ3v) is 4.38. The van der Waals surface area contributed by atoms with Gasteiger partial charge in [0.15, 0.2) is 0 Å². The van der Waals surface area contributed by atoms with E-state index in [9.17, 15) is 9.18 Å². The van der Waals surface area contributed by atoms with Crippen molar-refractivity contribution in [3.8, 4) is 5.88 Å². The van der Waals surface area contributed by atoms with Crippen molar-refractivity contribution in [1.29, 1.82) is 0 Å². The highest BCUT2D eigenvalue weighted by atomic mass is 19.1. The number of anilines is 1. The lowest BCUT2D eigenvalue weighted by molar-refractivity contribution is 0.0976. The van der Waals surface area contributed by atoms with E-state index >= 15 is 0 Å². The van der Waals surface area contributed by atoms with E-state index in [2.05, 4.69) is 11.6 Å². The largest absolute Gasteiger partial charge is 0.480 e. The molecule has 0 radical (unpaired) electrons. The van der Waals surface area contributed by atoms with E-state index in [-0.39, 0.29) is 11.8 Å². The average molecular weight is 326 g/mol. The molecule has 124 valence electrons. The SMILES string of the molecule is C=C(C)C1CN(c2c(C)ccnc2OC)C(=O)c2cc(F)ccc21. The van der Waals surface area contributed by atoms with Crippen LogP contribution in [0.15, 0.2) is 42.6 Å². The molecule has 0 saturated heterocycles. The first-order chi connectivity index (χ1) is 11.4. The molecule has 1 aliphatic rings. The number of rotatable bonds is 3. The summed E-state index contributed by atoms with van der Waals surface area (Å²) in [6, 6.07) is 6.17. The van der Waals surface area contributed by atoms with Crippen LogP contribution < -0.4 is 9.64 Å². The van der Waals surface area contributed by atoms with E-state index in [1.807, 2.05) is 19.9 Å². The van der Waals surface area contributed by atoms with Crippen LogP contribution in [-0.2, 0) is 0 Å². The minimum Gasteiger partial charge on any atom is -0.480 e. The zero-order valence-corrected chi connectivity index (χ0v) is 14.0. The number of hydrogen-bond acceptors (Lipinski definition) is 3. The van der Waals surface area contributed by atoms with Crippen LogP contribution in [-0.4, -0.2) is 24.5 Å². The summed E-state index contributed by atoms with van der Waals surface area (Å²) in [5.74, 6) is -0.373. The maximum absolute atomic E-state index is 13.7. The molecule has 5 heteroatoms. The van der Waals surface area contributed by atoms with E-state index < -0.39 is 5.82 Å². The molecule has 1 amide bonds. The third kappa shape index (κ3) is 2.56. The molecule has 0 spiro atoms. The molecular formula is C19H19FN2O2. The normalized spacial score (nSPS) is 16.8. The second-order valence-corrected chi connectivity index (χ2v) is 6.03. The number of fused-ring (bicyclic) bond motifs is 1. The van der Waals surface area contributed by atoms with Gasteiger partial charge in [-0.25, -0.2) is 9.37 Å². The molecule has 24 heavy (non-hydrogen) atoms. The lowest BCUT2D eigenvalue weighted by atomic mass is 9.84. The van der Waals surface area contributed by atoms with Gasteiger partial charge in [-0.05, 0) is 43.2 Å². The molecule has 3 rings (SSSR count). The number of ether oxygens (including phenoxy) is 1. The lowest BCUT2D eigenvalue weighted by Crippen LogP contribution is -2.41. The maximum Gasteiger partial charge on any atom is 0.258 e. The Morgan fingerprint density at radius 2 is 2.17 bits per heavy atom. The van der Waals surface area contributed by atoms with Gasteiger partial charge in [-0.1, -0.05) is 18.2 Å². The zero-order valence-electron chi connectivity index (χ0n) is 14.0. The quantitative estimate of drug-likeness (QED) is 0.805. The van der Waals surface area contributed by atoms with Gasteiger partial charge in [0.2, 0.25) is 5.88 Å². The minimum absolute atomic E-state index is 0.0670. The van der Waals surface area contributed by atoms with E-state index in [0.717, 1.165) is 16.7 Å². The summed E-state index contributed by atoms with van der Waals surface area (Å²) in [6.07, 6.45) is 1.63. The summed E-state index contributed by atoms with van der Waals surface area (Å²) in [4.78, 5) is 18.8. The molecule has 2 aromatic rings. The van der Waals surface area contributed by atoms with Gasteiger partial charge < -0.3 is 9.64 Å². The molecule has 2 heterocycles. The van der Waals surface area contributed by atoms with Crippen LogP contribution in [0.1, 0.15) is 34.3 Å². The van der Waals surface area contributed by atoms with Crippen LogP contribution >= 0.6 is 0 Å². The fourth-order valence-electron chi connectivity index (χ4n) is 3.14. The Balaban J connectivity index is 2.19. The monoisotopic (exact) mass is 326 g/mol. The van der Waals surface area contributed by atoms with Crippen molar-refractivity contribution in [3.63, 3.8) is 0 Å². The van der Waals surface area contributed by atoms with Crippen molar-refractivity contribution < 1.29 is 13.9 Å². The number of aryl methyl sites for hydroxylation is 1. The molecule has 1 aliphatic heterocycles. The molecule has 0 saturated carbocycles. The molecule has 0 aliphatic carbocycles. The highest BCUT2D eigenvalue weighted by molar-refractivity contribution is 6.09. The van der Waals surface area contributed by atoms with Crippen molar-refractivity contribution in [1.82, 2.24) is 4.98 Å². The first-order valence-corrected chi connectivity index (χ1v) is 7.70. The fourth-order valence-corrected chi connectivity index (χ4v) is 3.14. The second-order valence-electron chi connectivity index (χ2n) is 6.03. The van der Waals surface area contributed by atoms with E-state index in [0.29, 0.717) is 23.7 Å². The Kier molecular flexibility index (Phi) is 4.09. The molecule has 1 aromatic carbocycles. The number of carbonyl (C=O) groups is 1. The van der Waals surface area contributed by atoms with Crippen LogP contribution in [0.2, 0.25) is 0 Å². The fraction of sp³-hybridized carbons (Fsp3) is 0.263. The van der Waals surface area contributed by atoms with Crippen LogP contribution in [0.3, 0.4) is 0 Å². The number of pyridine rings is 1. The van der Waals surface area contributed by atoms with Gasteiger partial charge >= 0.3 is 0 Å². The smallest absolute Gasteiger partial charge is 0.258 e. The average Bonchev–Trinajstić information content (AvgIpc) is 2.55. The van der Waals surface area contributed by atoms with Crippen LogP contribution in [0.25, 0.3) is 0 Å². The van der Waals surface area contributed by atoms with Crippen molar-refractivity contribution >= 4 is 11.6 Å². The molecule has 1 unspecified atom stereocenters. The molecular weight excluding hydrogens is 307 g/mol. The van der Waals surface area contributed by atoms with Gasteiger partial charge in [-0.2, -0.15) is 0 Å². The summed E-state index contributed by atoms with van der Waals surface area (Å²) in [5.41, 5.74) is 3.58. The Morgan fingerprint density at radius 3 is 2.83 bits per heavy atom. The van der Waals surface area contributed by atoms with Crippen molar-refractivity contribution in [3.05, 3.63) is 65.1 Å². The van der Waals surface area contributed by atoms with E-state index in [1.54, 1.807) is 17.2 Å². The highest BCUT2D eigenvalue weighted by Gasteiger charge is 2.35. The molecule has 0 bridgehead atoms. The topological polar surface area (TPSA) is 42.4 Å². The number of nitrogens with zero attached hydrogens (tertiary/aromatic N) is 2. The predicted octanol–water partition coefficient (Wildman–Crippen LogP) is 3.86. The molecule has 4 nitrogen and oxygen atoms in total. The Morgan fingerprint density at radius 1 is 1.42 bits per heavy atom. The minimum atomic E-state index is -0.431. The van der Waals surface area contributed by atoms with Crippen LogP contribution in [0.5, 0.6) is 5.88 Å². The van der Waals surface area contributed by atoms with Gasteiger partial charge in [-0.3, -0.25) is 4.79 Å². The summed E-state index contributed by atoms with van der Waals surface area (Å²) < 4.78 is 19.1. The lowest BCUT2D eigenvalue weighted by Gasteiger charge is -2.35. The first kappa shape index (κ1) is 16.2. The second kappa shape index (κ2) is 6.07. The number of benzene rings is 1. The standard InChI is InChI=1S/C19H19FN2O2/c1-11(2)16-10-22(17-12(3)7-8-21-18(17)24-4)19(23)15-9-13(20)5-6-14(15)16/h5-9,16H,1,10H2,2-4H3. The van der Waals surface area contributed by atoms with Crippen LogP contribution in [0, 0.1) is 12.7 Å². The van der Waals surface area contributed by atoms with E-state index in [4.69, 9.17) is 4.74 Å². The van der Waals surface area contributed by atoms with Crippen molar-refractivity contribution in [2.75, 3.05) is 18.6 Å². The van der Waals surface area contributed by atoms with Crippen LogP contribution in [0.4, 0.5) is 10.1 Å². The number of amides is 1. The number of aromatic nitrogens is 1. The molecule has 1 atom stereocenters. The van der Waals surface area contributed by atoms with Gasteiger partial charge in [-0.15, -0.1) is 0 Å². The summed E-state index contributed by atoms with van der Waals surface area (Å²) in [7, 11) is 1.52. The summed E-state index contributed by atoms with van der Waals surface area (Å²) in [5, 5.41) is 0. The number of halogens is 1. The zero-order chi connectivity index (χ0) is 17.4. The molecule has 0 N–H and O–H groups in total. The van der Waals surface area contributed by atoms with Crippen molar-refractivity contribution in [2.45, 2.75) is 19.8 Å². The summed E-state index contributed by atoms with van der Waals surface area (Å²) >= 11 is 0. The first-order valence-electron chi connectivity index (χ1n) is 7.70. The van der Waals surface area contributed by atoms with Crippen molar-refractivity contribution in [2.24, 2.45) is 0 Å².